The zero-order valence-electron chi connectivity index (χ0n) is 10.9. The Balaban J connectivity index is 2.05. The molecule has 0 radical (unpaired) electrons. The van der Waals surface area contributed by atoms with Crippen LogP contribution in [-0.2, 0) is 6.54 Å². The number of aromatic nitrogens is 1. The molecule has 1 saturated carbocycles. The molecule has 2 nitrogen and oxygen atoms in total. The Labute approximate surface area is 107 Å². The van der Waals surface area contributed by atoms with E-state index in [2.05, 4.69) is 29.8 Å². The second-order valence-corrected chi connectivity index (χ2v) is 5.43. The van der Waals surface area contributed by atoms with Crippen molar-refractivity contribution in [3.05, 3.63) is 35.8 Å². The maximum atomic E-state index is 14.0. The molecular formula is C15H19FN2. The van der Waals surface area contributed by atoms with Crippen molar-refractivity contribution in [2.24, 2.45) is 0 Å². The minimum absolute atomic E-state index is 0.126. The van der Waals surface area contributed by atoms with Gasteiger partial charge in [0.05, 0.1) is 5.52 Å². The Morgan fingerprint density at radius 3 is 2.83 bits per heavy atom. The van der Waals surface area contributed by atoms with Gasteiger partial charge in [0.15, 0.2) is 0 Å². The highest BCUT2D eigenvalue weighted by molar-refractivity contribution is 5.82. The van der Waals surface area contributed by atoms with Crippen molar-refractivity contribution in [1.82, 2.24) is 9.88 Å². The van der Waals surface area contributed by atoms with E-state index in [-0.39, 0.29) is 11.9 Å². The molecule has 0 atom stereocenters. The van der Waals surface area contributed by atoms with E-state index in [9.17, 15) is 4.39 Å². The molecule has 18 heavy (non-hydrogen) atoms. The minimum atomic E-state index is -0.126. The Morgan fingerprint density at radius 1 is 1.39 bits per heavy atom. The third-order valence-corrected chi connectivity index (χ3v) is 3.56. The summed E-state index contributed by atoms with van der Waals surface area (Å²) in [7, 11) is 0. The van der Waals surface area contributed by atoms with Gasteiger partial charge >= 0.3 is 0 Å². The van der Waals surface area contributed by atoms with Crippen LogP contribution in [-0.4, -0.2) is 10.6 Å². The number of halogens is 1. The normalized spacial score (nSPS) is 15.8. The lowest BCUT2D eigenvalue weighted by molar-refractivity contribution is 0.551. The van der Waals surface area contributed by atoms with Crippen LogP contribution in [0.5, 0.6) is 0 Å². The van der Waals surface area contributed by atoms with Crippen molar-refractivity contribution in [2.45, 2.75) is 45.3 Å². The standard InChI is InChI=1S/C15H19FN2/c1-10(2)18-13(9-17-12-6-7-12)8-11-4-3-5-14(16)15(11)18/h3-5,8,10,12,17H,6-7,9H2,1-2H3. The van der Waals surface area contributed by atoms with Crippen molar-refractivity contribution < 1.29 is 4.39 Å². The van der Waals surface area contributed by atoms with Gasteiger partial charge in [0, 0.05) is 29.7 Å². The second-order valence-electron chi connectivity index (χ2n) is 5.43. The summed E-state index contributed by atoms with van der Waals surface area (Å²) in [6.45, 7) is 5.04. The highest BCUT2D eigenvalue weighted by atomic mass is 19.1. The molecular weight excluding hydrogens is 227 g/mol. The Kier molecular flexibility index (Phi) is 2.86. The molecule has 1 aliphatic rings. The van der Waals surface area contributed by atoms with Crippen LogP contribution in [0.4, 0.5) is 4.39 Å². The summed E-state index contributed by atoms with van der Waals surface area (Å²) in [5, 5.41) is 4.50. The van der Waals surface area contributed by atoms with Gasteiger partial charge < -0.3 is 9.88 Å². The number of nitrogens with zero attached hydrogens (tertiary/aromatic N) is 1. The predicted molar refractivity (Wildman–Crippen MR) is 72.1 cm³/mol. The molecule has 0 amide bonds. The molecule has 3 rings (SSSR count). The highest BCUT2D eigenvalue weighted by Crippen LogP contribution is 2.27. The second kappa shape index (κ2) is 4.39. The highest BCUT2D eigenvalue weighted by Gasteiger charge is 2.21. The fraction of sp³-hybridized carbons (Fsp3) is 0.467. The first-order valence-corrected chi connectivity index (χ1v) is 6.68. The lowest BCUT2D eigenvalue weighted by Gasteiger charge is -2.15. The zero-order chi connectivity index (χ0) is 12.7. The summed E-state index contributed by atoms with van der Waals surface area (Å²) in [5.74, 6) is -0.126. The van der Waals surface area contributed by atoms with E-state index in [0.717, 1.165) is 17.4 Å². The average molecular weight is 246 g/mol. The number of nitrogens with one attached hydrogen (secondary N) is 1. The molecule has 1 aromatic heterocycles. The molecule has 1 heterocycles. The molecule has 0 spiro atoms. The van der Waals surface area contributed by atoms with Crippen molar-refractivity contribution in [3.8, 4) is 0 Å². The monoisotopic (exact) mass is 246 g/mol. The molecule has 1 aliphatic carbocycles. The third kappa shape index (κ3) is 2.03. The van der Waals surface area contributed by atoms with Crippen LogP contribution in [0.1, 0.15) is 38.4 Å². The fourth-order valence-corrected chi connectivity index (χ4v) is 2.56. The van der Waals surface area contributed by atoms with Crippen LogP contribution < -0.4 is 5.32 Å². The van der Waals surface area contributed by atoms with E-state index in [1.165, 1.54) is 18.5 Å². The summed E-state index contributed by atoms with van der Waals surface area (Å²) in [4.78, 5) is 0. The maximum Gasteiger partial charge on any atom is 0.147 e. The molecule has 3 heteroatoms. The molecule has 96 valence electrons. The van der Waals surface area contributed by atoms with E-state index in [0.29, 0.717) is 6.04 Å². The van der Waals surface area contributed by atoms with Crippen molar-refractivity contribution in [2.75, 3.05) is 0 Å². The van der Waals surface area contributed by atoms with Crippen molar-refractivity contribution >= 4 is 10.9 Å². The van der Waals surface area contributed by atoms with E-state index in [1.54, 1.807) is 12.1 Å². The number of fused-ring (bicyclic) bond motifs is 1. The van der Waals surface area contributed by atoms with Gasteiger partial charge in [-0.25, -0.2) is 4.39 Å². The minimum Gasteiger partial charge on any atom is -0.338 e. The smallest absolute Gasteiger partial charge is 0.147 e. The van der Waals surface area contributed by atoms with Crippen molar-refractivity contribution in [1.29, 1.82) is 0 Å². The summed E-state index contributed by atoms with van der Waals surface area (Å²) < 4.78 is 16.1. The Morgan fingerprint density at radius 2 is 2.17 bits per heavy atom. The number of hydrogen-bond acceptors (Lipinski definition) is 1. The van der Waals surface area contributed by atoms with Gasteiger partial charge in [-0.1, -0.05) is 12.1 Å². The first-order chi connectivity index (χ1) is 8.66. The van der Waals surface area contributed by atoms with E-state index >= 15 is 0 Å². The van der Waals surface area contributed by atoms with Gasteiger partial charge in [0.1, 0.15) is 5.82 Å². The lowest BCUT2D eigenvalue weighted by atomic mass is 10.2. The largest absolute Gasteiger partial charge is 0.338 e. The number of benzene rings is 1. The van der Waals surface area contributed by atoms with Crippen LogP contribution in [0, 0.1) is 5.82 Å². The van der Waals surface area contributed by atoms with Crippen LogP contribution in [0.2, 0.25) is 0 Å². The lowest BCUT2D eigenvalue weighted by Crippen LogP contribution is -2.18. The van der Waals surface area contributed by atoms with Gasteiger partial charge in [0.2, 0.25) is 0 Å². The molecule has 1 fully saturated rings. The molecule has 1 aromatic carbocycles. The summed E-state index contributed by atoms with van der Waals surface area (Å²) in [6.07, 6.45) is 2.55. The molecule has 0 bridgehead atoms. The molecule has 2 aromatic rings. The van der Waals surface area contributed by atoms with Crippen LogP contribution >= 0.6 is 0 Å². The maximum absolute atomic E-state index is 14.0. The number of rotatable bonds is 4. The van der Waals surface area contributed by atoms with Crippen LogP contribution in [0.25, 0.3) is 10.9 Å². The van der Waals surface area contributed by atoms with Gasteiger partial charge in [-0.3, -0.25) is 0 Å². The predicted octanol–water partition coefficient (Wildman–Crippen LogP) is 3.61. The molecule has 0 aliphatic heterocycles. The zero-order valence-corrected chi connectivity index (χ0v) is 10.9. The Hall–Kier alpha value is -1.35. The summed E-state index contributed by atoms with van der Waals surface area (Å²) >= 11 is 0. The summed E-state index contributed by atoms with van der Waals surface area (Å²) in [6, 6.07) is 8.36. The van der Waals surface area contributed by atoms with Crippen LogP contribution in [0.15, 0.2) is 24.3 Å². The third-order valence-electron chi connectivity index (χ3n) is 3.56. The quantitative estimate of drug-likeness (QED) is 0.872. The van der Waals surface area contributed by atoms with E-state index in [1.807, 2.05) is 6.07 Å². The topological polar surface area (TPSA) is 17.0 Å². The van der Waals surface area contributed by atoms with E-state index in [4.69, 9.17) is 0 Å². The van der Waals surface area contributed by atoms with Crippen molar-refractivity contribution in [3.63, 3.8) is 0 Å². The Bertz CT molecular complexity index is 567. The fourth-order valence-electron chi connectivity index (χ4n) is 2.56. The molecule has 1 N–H and O–H groups in total. The van der Waals surface area contributed by atoms with Gasteiger partial charge in [0.25, 0.3) is 0 Å². The molecule has 0 saturated heterocycles. The average Bonchev–Trinajstić information content (AvgIpc) is 3.06. The number of hydrogen-bond donors (Lipinski definition) is 1. The van der Waals surface area contributed by atoms with Gasteiger partial charge in [-0.15, -0.1) is 0 Å². The van der Waals surface area contributed by atoms with Crippen LogP contribution in [0.3, 0.4) is 0 Å². The van der Waals surface area contributed by atoms with Gasteiger partial charge in [-0.2, -0.15) is 0 Å². The first kappa shape index (κ1) is 11.7. The number of para-hydroxylation sites is 1. The first-order valence-electron chi connectivity index (χ1n) is 6.68. The SMILES string of the molecule is CC(C)n1c(CNC2CC2)cc2cccc(F)c21. The summed E-state index contributed by atoms with van der Waals surface area (Å²) in [5.41, 5.74) is 1.91. The van der Waals surface area contributed by atoms with E-state index < -0.39 is 0 Å². The van der Waals surface area contributed by atoms with Gasteiger partial charge in [-0.05, 0) is 38.8 Å². The molecule has 0 unspecified atom stereocenters.